The van der Waals surface area contributed by atoms with Crippen molar-refractivity contribution < 1.29 is 14.4 Å². The average molecular weight is 528 g/mol. The van der Waals surface area contributed by atoms with Gasteiger partial charge in [-0.2, -0.15) is 0 Å². The predicted octanol–water partition coefficient (Wildman–Crippen LogP) is 3.15. The summed E-state index contributed by atoms with van der Waals surface area (Å²) in [5.41, 5.74) is 2.33. The fraction of sp³-hybridized carbons (Fsp3) is 0.462. The number of benzene rings is 1. The van der Waals surface area contributed by atoms with Crippen molar-refractivity contribution >= 4 is 57.6 Å². The molecule has 0 radical (unpaired) electrons. The zero-order valence-electron chi connectivity index (χ0n) is 20.2. The summed E-state index contributed by atoms with van der Waals surface area (Å²) >= 11 is 7.49. The Hall–Kier alpha value is -2.62. The van der Waals surface area contributed by atoms with E-state index in [-0.39, 0.29) is 40.2 Å². The number of nitrogens with zero attached hydrogens (tertiary/aromatic N) is 3. The van der Waals surface area contributed by atoms with Gasteiger partial charge in [-0.3, -0.25) is 19.3 Å². The van der Waals surface area contributed by atoms with Crippen LogP contribution in [-0.2, 0) is 14.4 Å². The van der Waals surface area contributed by atoms with Crippen LogP contribution in [0.1, 0.15) is 26.2 Å². The van der Waals surface area contributed by atoms with Crippen LogP contribution >= 0.6 is 23.4 Å². The molecule has 5 rings (SSSR count). The van der Waals surface area contributed by atoms with E-state index in [4.69, 9.17) is 11.6 Å². The number of fused-ring (bicyclic) bond motifs is 1. The highest BCUT2D eigenvalue weighted by Gasteiger charge is 2.34. The number of carbonyl (C=O) groups is 3. The van der Waals surface area contributed by atoms with Crippen molar-refractivity contribution in [2.24, 2.45) is 10.9 Å². The number of halogens is 1. The molecule has 190 valence electrons. The molecule has 1 aromatic carbocycles. The van der Waals surface area contributed by atoms with E-state index in [0.717, 1.165) is 43.0 Å². The molecule has 2 saturated heterocycles. The second kappa shape index (κ2) is 10.8. The van der Waals surface area contributed by atoms with Crippen molar-refractivity contribution in [1.29, 1.82) is 0 Å². The van der Waals surface area contributed by atoms with Gasteiger partial charge in [-0.25, -0.2) is 4.99 Å². The molecule has 4 heterocycles. The van der Waals surface area contributed by atoms with Crippen molar-refractivity contribution in [2.45, 2.75) is 42.7 Å². The molecule has 0 aliphatic carbocycles. The van der Waals surface area contributed by atoms with Crippen LogP contribution in [0.5, 0.6) is 0 Å². The third-order valence-electron chi connectivity index (χ3n) is 7.09. The number of hydrogen-bond donors (Lipinski definition) is 2. The van der Waals surface area contributed by atoms with Gasteiger partial charge in [0.15, 0.2) is 0 Å². The Kier molecular flexibility index (Phi) is 7.50. The lowest BCUT2D eigenvalue weighted by Gasteiger charge is -2.23. The zero-order valence-corrected chi connectivity index (χ0v) is 21.7. The Morgan fingerprint density at radius 3 is 2.72 bits per heavy atom. The Labute approximate surface area is 220 Å². The van der Waals surface area contributed by atoms with Gasteiger partial charge in [0.1, 0.15) is 10.4 Å². The van der Waals surface area contributed by atoms with Gasteiger partial charge in [0.05, 0.1) is 17.0 Å². The van der Waals surface area contributed by atoms with Crippen LogP contribution in [0.4, 0.5) is 11.4 Å². The molecule has 1 aromatic rings. The molecule has 36 heavy (non-hydrogen) atoms. The maximum absolute atomic E-state index is 12.7. The number of rotatable bonds is 7. The summed E-state index contributed by atoms with van der Waals surface area (Å²) in [7, 11) is 0. The first-order valence-electron chi connectivity index (χ1n) is 12.4. The summed E-state index contributed by atoms with van der Waals surface area (Å²) in [6.07, 6.45) is 8.23. The van der Waals surface area contributed by atoms with Crippen LogP contribution < -0.4 is 15.5 Å². The number of carbonyl (C=O) groups excluding carboxylic acids is 3. The molecule has 0 spiro atoms. The van der Waals surface area contributed by atoms with E-state index >= 15 is 0 Å². The topological polar surface area (TPSA) is 94.1 Å². The number of nitrogens with one attached hydrogen (secondary N) is 2. The highest BCUT2D eigenvalue weighted by Crippen LogP contribution is 2.37. The van der Waals surface area contributed by atoms with Gasteiger partial charge in [0.25, 0.3) is 0 Å². The van der Waals surface area contributed by atoms with Crippen LogP contribution in [-0.4, -0.2) is 70.5 Å². The third kappa shape index (κ3) is 5.53. The van der Waals surface area contributed by atoms with E-state index in [1.54, 1.807) is 11.0 Å². The molecule has 0 bridgehead atoms. The van der Waals surface area contributed by atoms with Gasteiger partial charge in [-0.15, -0.1) is 11.8 Å². The standard InChI is InChI=1S/C26H30ClN5O3S/c1-16(31-10-2-3-11-31)25(34)29-18-4-6-19(7-5-18)32-15-17(12-24(32)33)14-28-26(35)22-13-20-21(36-22)8-9-23(27)30-20/h4-9,13,16-17,21-22H,2-3,10-12,14-15H2,1H3,(H,28,35)(H,29,34). The van der Waals surface area contributed by atoms with Gasteiger partial charge < -0.3 is 15.5 Å². The lowest BCUT2D eigenvalue weighted by Crippen LogP contribution is -2.40. The number of anilines is 2. The molecule has 8 nitrogen and oxygen atoms in total. The van der Waals surface area contributed by atoms with Crippen LogP contribution in [0.15, 0.2) is 53.2 Å². The minimum absolute atomic E-state index is 0.0149. The number of aliphatic imine (C=N–C) groups is 1. The van der Waals surface area contributed by atoms with E-state index < -0.39 is 0 Å². The van der Waals surface area contributed by atoms with Crippen molar-refractivity contribution in [1.82, 2.24) is 10.2 Å². The molecule has 4 aliphatic heterocycles. The molecule has 10 heteroatoms. The number of thioether (sulfide) groups is 1. The maximum atomic E-state index is 12.7. The van der Waals surface area contributed by atoms with Crippen LogP contribution in [0.2, 0.25) is 0 Å². The Morgan fingerprint density at radius 2 is 1.97 bits per heavy atom. The van der Waals surface area contributed by atoms with Crippen molar-refractivity contribution in [2.75, 3.05) is 36.4 Å². The fourth-order valence-electron chi connectivity index (χ4n) is 5.01. The molecule has 2 fully saturated rings. The van der Waals surface area contributed by atoms with Gasteiger partial charge in [-0.05, 0) is 69.3 Å². The van der Waals surface area contributed by atoms with Crippen LogP contribution in [0, 0.1) is 5.92 Å². The summed E-state index contributed by atoms with van der Waals surface area (Å²) in [6.45, 7) is 4.84. The first-order chi connectivity index (χ1) is 17.4. The average Bonchev–Trinajstić information content (AvgIpc) is 3.62. The number of amides is 3. The lowest BCUT2D eigenvalue weighted by molar-refractivity contribution is -0.121. The van der Waals surface area contributed by atoms with Crippen molar-refractivity contribution in [3.05, 3.63) is 48.2 Å². The molecule has 4 unspecified atom stereocenters. The Bertz CT molecular complexity index is 1130. The SMILES string of the molecule is CC(C(=O)Nc1ccc(N2CC(CNC(=O)C3C=C4N=C(Cl)C=CC4S3)CC2=O)cc1)N1CCCC1. The highest BCUT2D eigenvalue weighted by atomic mass is 35.5. The Balaban J connectivity index is 1.11. The van der Waals surface area contributed by atoms with Crippen molar-refractivity contribution in [3.8, 4) is 0 Å². The normalized spacial score (nSPS) is 26.4. The van der Waals surface area contributed by atoms with Gasteiger partial charge in [-0.1, -0.05) is 17.7 Å². The number of hydrogen-bond acceptors (Lipinski definition) is 6. The van der Waals surface area contributed by atoms with E-state index in [0.29, 0.717) is 24.7 Å². The first kappa shape index (κ1) is 25.0. The number of allylic oxidation sites excluding steroid dienone is 1. The van der Waals surface area contributed by atoms with Gasteiger partial charge >= 0.3 is 0 Å². The molecular weight excluding hydrogens is 498 g/mol. The van der Waals surface area contributed by atoms with Gasteiger partial charge in [0.2, 0.25) is 17.7 Å². The number of dihydropyridines is 1. The van der Waals surface area contributed by atoms with E-state index in [1.807, 2.05) is 43.3 Å². The molecule has 3 amide bonds. The smallest absolute Gasteiger partial charge is 0.241 e. The fourth-order valence-corrected chi connectivity index (χ4v) is 6.36. The molecular formula is C26H30ClN5O3S. The predicted molar refractivity (Wildman–Crippen MR) is 144 cm³/mol. The summed E-state index contributed by atoms with van der Waals surface area (Å²) in [5, 5.41) is 6.15. The minimum Gasteiger partial charge on any atom is -0.355 e. The summed E-state index contributed by atoms with van der Waals surface area (Å²) in [5.74, 6) is -0.0169. The van der Waals surface area contributed by atoms with E-state index in [9.17, 15) is 14.4 Å². The molecule has 0 saturated carbocycles. The molecule has 4 aliphatic rings. The summed E-state index contributed by atoms with van der Waals surface area (Å²) in [4.78, 5) is 46.2. The van der Waals surface area contributed by atoms with Crippen molar-refractivity contribution in [3.63, 3.8) is 0 Å². The first-order valence-corrected chi connectivity index (χ1v) is 13.7. The second-order valence-corrected chi connectivity index (χ2v) is 11.3. The summed E-state index contributed by atoms with van der Waals surface area (Å²) in [6, 6.07) is 7.22. The van der Waals surface area contributed by atoms with Crippen LogP contribution in [0.25, 0.3) is 0 Å². The highest BCUT2D eigenvalue weighted by molar-refractivity contribution is 8.02. The molecule has 4 atom stereocenters. The van der Waals surface area contributed by atoms with E-state index in [1.165, 1.54) is 11.8 Å². The number of likely N-dealkylation sites (tertiary alicyclic amines) is 1. The van der Waals surface area contributed by atoms with Gasteiger partial charge in [0, 0.05) is 36.8 Å². The maximum Gasteiger partial charge on any atom is 0.241 e. The van der Waals surface area contributed by atoms with Crippen LogP contribution in [0.3, 0.4) is 0 Å². The summed E-state index contributed by atoms with van der Waals surface area (Å²) < 4.78 is 0. The molecule has 0 aromatic heterocycles. The zero-order chi connectivity index (χ0) is 25.2. The van der Waals surface area contributed by atoms with E-state index in [2.05, 4.69) is 20.5 Å². The quantitative estimate of drug-likeness (QED) is 0.568. The monoisotopic (exact) mass is 527 g/mol. The Morgan fingerprint density at radius 1 is 1.22 bits per heavy atom. The second-order valence-electron chi connectivity index (χ2n) is 9.64. The minimum atomic E-state index is -0.315. The largest absolute Gasteiger partial charge is 0.355 e. The third-order valence-corrected chi connectivity index (χ3v) is 8.64. The lowest BCUT2D eigenvalue weighted by atomic mass is 10.1. The molecule has 2 N–H and O–H groups in total.